The molecular formula is C22H19BrN4O. The number of fused-ring (bicyclic) bond motifs is 1. The van der Waals surface area contributed by atoms with Crippen molar-refractivity contribution in [1.29, 1.82) is 0 Å². The summed E-state index contributed by atoms with van der Waals surface area (Å²) in [5.74, 6) is -0.0509. The number of hydrogen-bond donors (Lipinski definition) is 2. The lowest BCUT2D eigenvalue weighted by atomic mass is 10.1. The summed E-state index contributed by atoms with van der Waals surface area (Å²) >= 11 is 3.61. The van der Waals surface area contributed by atoms with Gasteiger partial charge in [0.05, 0.1) is 24.0 Å². The zero-order chi connectivity index (χ0) is 19.5. The van der Waals surface area contributed by atoms with Crippen LogP contribution in [-0.2, 0) is 11.2 Å². The molecule has 0 radical (unpaired) electrons. The Morgan fingerprint density at radius 3 is 2.82 bits per heavy atom. The molecule has 0 saturated heterocycles. The van der Waals surface area contributed by atoms with Gasteiger partial charge in [-0.05, 0) is 57.9 Å². The van der Waals surface area contributed by atoms with Crippen molar-refractivity contribution >= 4 is 49.8 Å². The van der Waals surface area contributed by atoms with Crippen molar-refractivity contribution in [3.05, 3.63) is 83.2 Å². The molecule has 2 aromatic carbocycles. The fourth-order valence-corrected chi connectivity index (χ4v) is 3.85. The number of nitrogens with one attached hydrogen (secondary N) is 2. The highest BCUT2D eigenvalue weighted by atomic mass is 79.9. The van der Waals surface area contributed by atoms with Crippen molar-refractivity contribution in [1.82, 2.24) is 9.97 Å². The van der Waals surface area contributed by atoms with E-state index < -0.39 is 0 Å². The molecule has 0 spiro atoms. The molecule has 5 nitrogen and oxygen atoms in total. The lowest BCUT2D eigenvalue weighted by Gasteiger charge is -2.21. The van der Waals surface area contributed by atoms with Crippen molar-refractivity contribution in [2.24, 2.45) is 0 Å². The summed E-state index contributed by atoms with van der Waals surface area (Å²) in [6.07, 6.45) is 5.77. The van der Waals surface area contributed by atoms with E-state index in [2.05, 4.69) is 31.2 Å². The quantitative estimate of drug-likeness (QED) is 0.449. The van der Waals surface area contributed by atoms with Gasteiger partial charge >= 0.3 is 0 Å². The third-order valence-electron chi connectivity index (χ3n) is 4.65. The number of para-hydroxylation sites is 1. The van der Waals surface area contributed by atoms with E-state index in [1.54, 1.807) is 6.20 Å². The lowest BCUT2D eigenvalue weighted by Crippen LogP contribution is -2.15. The molecule has 2 heterocycles. The van der Waals surface area contributed by atoms with E-state index in [-0.39, 0.29) is 5.91 Å². The fourth-order valence-electron chi connectivity index (χ4n) is 3.20. The van der Waals surface area contributed by atoms with Crippen LogP contribution in [0.1, 0.15) is 5.56 Å². The van der Waals surface area contributed by atoms with E-state index in [1.165, 1.54) is 0 Å². The van der Waals surface area contributed by atoms with Gasteiger partial charge in [0.25, 0.3) is 0 Å². The van der Waals surface area contributed by atoms with Gasteiger partial charge in [0.2, 0.25) is 5.91 Å². The lowest BCUT2D eigenvalue weighted by molar-refractivity contribution is -0.115. The molecule has 0 aliphatic heterocycles. The number of benzene rings is 2. The van der Waals surface area contributed by atoms with Crippen molar-refractivity contribution < 1.29 is 4.79 Å². The minimum absolute atomic E-state index is 0.0509. The van der Waals surface area contributed by atoms with Gasteiger partial charge in [0, 0.05) is 40.5 Å². The van der Waals surface area contributed by atoms with E-state index in [0.717, 1.165) is 38.0 Å². The van der Waals surface area contributed by atoms with Crippen LogP contribution >= 0.6 is 15.9 Å². The first kappa shape index (κ1) is 18.3. The third-order valence-corrected chi connectivity index (χ3v) is 5.29. The number of carbonyl (C=O) groups is 1. The molecule has 6 heteroatoms. The third kappa shape index (κ3) is 3.77. The molecule has 2 N–H and O–H groups in total. The molecule has 1 amide bonds. The zero-order valence-corrected chi connectivity index (χ0v) is 16.9. The maximum Gasteiger partial charge on any atom is 0.228 e. The molecule has 28 heavy (non-hydrogen) atoms. The molecule has 0 fully saturated rings. The van der Waals surface area contributed by atoms with Gasteiger partial charge in [0.1, 0.15) is 0 Å². The number of aromatic nitrogens is 2. The van der Waals surface area contributed by atoms with Gasteiger partial charge in [0.15, 0.2) is 0 Å². The Morgan fingerprint density at radius 2 is 2.04 bits per heavy atom. The first-order chi connectivity index (χ1) is 13.6. The number of carbonyl (C=O) groups excluding carboxylic acids is 1. The number of H-pyrrole nitrogens is 1. The van der Waals surface area contributed by atoms with E-state index in [4.69, 9.17) is 0 Å². The van der Waals surface area contributed by atoms with Crippen LogP contribution in [0.25, 0.3) is 10.9 Å². The normalized spacial score (nSPS) is 10.8. The van der Waals surface area contributed by atoms with Gasteiger partial charge in [-0.3, -0.25) is 9.78 Å². The summed E-state index contributed by atoms with van der Waals surface area (Å²) in [7, 11) is 1.98. The zero-order valence-electron chi connectivity index (χ0n) is 15.3. The van der Waals surface area contributed by atoms with Crippen LogP contribution in [0.4, 0.5) is 17.1 Å². The number of nitrogens with zero attached hydrogens (tertiary/aromatic N) is 2. The minimum Gasteiger partial charge on any atom is -0.361 e. The van der Waals surface area contributed by atoms with Crippen molar-refractivity contribution in [3.63, 3.8) is 0 Å². The van der Waals surface area contributed by atoms with Gasteiger partial charge in [-0.25, -0.2) is 0 Å². The molecule has 2 aromatic heterocycles. The Morgan fingerprint density at radius 1 is 1.18 bits per heavy atom. The molecular weight excluding hydrogens is 416 g/mol. The van der Waals surface area contributed by atoms with Crippen molar-refractivity contribution in [2.45, 2.75) is 6.42 Å². The van der Waals surface area contributed by atoms with E-state index in [9.17, 15) is 4.79 Å². The smallest absolute Gasteiger partial charge is 0.228 e. The SMILES string of the molecule is CN(c1cccnc1)c1ccc(NC(=O)Cc2c[nH]c3ccccc23)cc1Br. The second-order valence-electron chi connectivity index (χ2n) is 6.52. The first-order valence-corrected chi connectivity index (χ1v) is 9.69. The van der Waals surface area contributed by atoms with E-state index >= 15 is 0 Å². The van der Waals surface area contributed by atoms with Gasteiger partial charge in [-0.2, -0.15) is 0 Å². The van der Waals surface area contributed by atoms with Crippen molar-refractivity contribution in [3.8, 4) is 0 Å². The fraction of sp³-hybridized carbons (Fsp3) is 0.0909. The molecule has 4 aromatic rings. The van der Waals surface area contributed by atoms with Gasteiger partial charge in [-0.1, -0.05) is 18.2 Å². The largest absolute Gasteiger partial charge is 0.361 e. The van der Waals surface area contributed by atoms with Crippen LogP contribution in [0, 0.1) is 0 Å². The van der Waals surface area contributed by atoms with Gasteiger partial charge < -0.3 is 15.2 Å². The number of hydrogen-bond acceptors (Lipinski definition) is 3. The maximum atomic E-state index is 12.5. The molecule has 0 unspecified atom stereocenters. The molecule has 0 bridgehead atoms. The predicted molar refractivity (Wildman–Crippen MR) is 117 cm³/mol. The van der Waals surface area contributed by atoms with E-state index in [0.29, 0.717) is 6.42 Å². The first-order valence-electron chi connectivity index (χ1n) is 8.90. The summed E-state index contributed by atoms with van der Waals surface area (Å²) in [6, 6.07) is 17.7. The number of aromatic amines is 1. The van der Waals surface area contributed by atoms with Crippen LogP contribution in [0.15, 0.2) is 77.7 Å². The molecule has 0 aliphatic rings. The standard InChI is InChI=1S/C22H19BrN4O/c1-27(17-5-4-10-24-14-17)21-9-8-16(12-19(21)23)26-22(28)11-15-13-25-20-7-3-2-6-18(15)20/h2-10,12-14,25H,11H2,1H3,(H,26,28). The van der Waals surface area contributed by atoms with Gasteiger partial charge in [-0.15, -0.1) is 0 Å². The summed E-state index contributed by atoms with van der Waals surface area (Å²) in [6.45, 7) is 0. The molecule has 0 atom stereocenters. The van der Waals surface area contributed by atoms with Crippen LogP contribution in [0.2, 0.25) is 0 Å². The Bertz CT molecular complexity index is 1120. The maximum absolute atomic E-state index is 12.5. The van der Waals surface area contributed by atoms with Crippen molar-refractivity contribution in [2.75, 3.05) is 17.3 Å². The molecule has 0 saturated carbocycles. The van der Waals surface area contributed by atoms with E-state index in [1.807, 2.05) is 78.9 Å². The topological polar surface area (TPSA) is 61.0 Å². The number of amides is 1. The highest BCUT2D eigenvalue weighted by Crippen LogP contribution is 2.32. The second kappa shape index (κ2) is 7.86. The second-order valence-corrected chi connectivity index (χ2v) is 7.38. The van der Waals surface area contributed by atoms with Crippen LogP contribution in [-0.4, -0.2) is 22.9 Å². The molecule has 4 rings (SSSR count). The Labute approximate surface area is 171 Å². The monoisotopic (exact) mass is 434 g/mol. The van der Waals surface area contributed by atoms with Crippen LogP contribution in [0.5, 0.6) is 0 Å². The average molecular weight is 435 g/mol. The molecule has 140 valence electrons. The summed E-state index contributed by atoms with van der Waals surface area (Å²) < 4.78 is 0.892. The summed E-state index contributed by atoms with van der Waals surface area (Å²) in [4.78, 5) is 21.9. The Kier molecular flexibility index (Phi) is 5.12. The number of halogens is 1. The minimum atomic E-state index is -0.0509. The number of rotatable bonds is 5. The molecule has 0 aliphatic carbocycles. The average Bonchev–Trinajstić information content (AvgIpc) is 3.11. The summed E-state index contributed by atoms with van der Waals surface area (Å²) in [5, 5.41) is 4.05. The Balaban J connectivity index is 1.48. The highest BCUT2D eigenvalue weighted by molar-refractivity contribution is 9.10. The highest BCUT2D eigenvalue weighted by Gasteiger charge is 2.12. The predicted octanol–water partition coefficient (Wildman–Crippen LogP) is 5.27. The summed E-state index contributed by atoms with van der Waals surface area (Å²) in [5.41, 5.74) is 4.75. The Hall–Kier alpha value is -3.12. The number of pyridine rings is 1. The number of anilines is 3. The van der Waals surface area contributed by atoms with Crippen LogP contribution in [0.3, 0.4) is 0 Å². The van der Waals surface area contributed by atoms with Crippen LogP contribution < -0.4 is 10.2 Å².